The number of fused-ring (bicyclic) bond motifs is 1. The Labute approximate surface area is 216 Å². The Hall–Kier alpha value is -4.57. The Bertz CT molecular complexity index is 1560. The molecule has 1 unspecified atom stereocenters. The van der Waals surface area contributed by atoms with Crippen molar-refractivity contribution in [3.63, 3.8) is 0 Å². The Morgan fingerprint density at radius 2 is 1.95 bits per heavy atom. The maximum absolute atomic E-state index is 12.9. The molecule has 0 bridgehead atoms. The number of methoxy groups -OCH3 is 1. The van der Waals surface area contributed by atoms with Crippen LogP contribution < -0.4 is 10.1 Å². The van der Waals surface area contributed by atoms with Gasteiger partial charge in [0, 0.05) is 28.9 Å². The number of ether oxygens (including phenoxy) is 2. The summed E-state index contributed by atoms with van der Waals surface area (Å²) >= 11 is 1.29. The molecule has 3 aromatic heterocycles. The molecule has 2 aromatic carbocycles. The molecule has 186 valence electrons. The Kier molecular flexibility index (Phi) is 6.91. The van der Waals surface area contributed by atoms with E-state index in [0.29, 0.717) is 39.7 Å². The van der Waals surface area contributed by atoms with Crippen LogP contribution in [0.1, 0.15) is 23.7 Å². The first-order valence-electron chi connectivity index (χ1n) is 11.6. The minimum absolute atomic E-state index is 0.309. The average Bonchev–Trinajstić information content (AvgIpc) is 3.59. The number of benzene rings is 2. The first-order chi connectivity index (χ1) is 18.0. The lowest BCUT2D eigenvalue weighted by Gasteiger charge is -2.15. The number of rotatable bonds is 8. The molecule has 0 aliphatic carbocycles. The van der Waals surface area contributed by atoms with E-state index in [9.17, 15) is 9.59 Å². The number of hydrogen-bond acceptors (Lipinski definition) is 8. The van der Waals surface area contributed by atoms with Gasteiger partial charge in [-0.3, -0.25) is 15.1 Å². The highest BCUT2D eigenvalue weighted by Gasteiger charge is 2.23. The number of amides is 1. The van der Waals surface area contributed by atoms with Crippen LogP contribution in [-0.4, -0.2) is 45.0 Å². The summed E-state index contributed by atoms with van der Waals surface area (Å²) in [6, 6.07) is 16.3. The smallest absolute Gasteiger partial charge is 0.338 e. The van der Waals surface area contributed by atoms with Crippen molar-refractivity contribution in [3.8, 4) is 28.4 Å². The van der Waals surface area contributed by atoms with Crippen LogP contribution in [0, 0.1) is 0 Å². The van der Waals surface area contributed by atoms with Crippen LogP contribution >= 0.6 is 11.3 Å². The molecular weight excluding hydrogens is 490 g/mol. The van der Waals surface area contributed by atoms with Gasteiger partial charge in [0.15, 0.2) is 11.2 Å². The van der Waals surface area contributed by atoms with E-state index in [4.69, 9.17) is 9.47 Å². The summed E-state index contributed by atoms with van der Waals surface area (Å²) in [5, 5.41) is 5.02. The van der Waals surface area contributed by atoms with E-state index in [0.717, 1.165) is 16.9 Å². The molecule has 37 heavy (non-hydrogen) atoms. The van der Waals surface area contributed by atoms with Crippen molar-refractivity contribution in [2.75, 3.05) is 12.4 Å². The average molecular weight is 514 g/mol. The van der Waals surface area contributed by atoms with Gasteiger partial charge in [0.2, 0.25) is 0 Å². The highest BCUT2D eigenvalue weighted by atomic mass is 32.1. The molecule has 3 heterocycles. The molecule has 5 rings (SSSR count). The molecule has 9 nitrogen and oxygen atoms in total. The molecule has 0 saturated carbocycles. The zero-order valence-electron chi connectivity index (χ0n) is 20.1. The molecule has 0 spiro atoms. The number of imidazole rings is 1. The quantitative estimate of drug-likeness (QED) is 0.269. The lowest BCUT2D eigenvalue weighted by Crippen LogP contribution is -2.32. The third kappa shape index (κ3) is 5.34. The van der Waals surface area contributed by atoms with Gasteiger partial charge in [0.05, 0.1) is 29.4 Å². The van der Waals surface area contributed by atoms with E-state index in [-0.39, 0.29) is 0 Å². The van der Waals surface area contributed by atoms with Crippen molar-refractivity contribution in [2.45, 2.75) is 19.4 Å². The van der Waals surface area contributed by atoms with Gasteiger partial charge in [-0.25, -0.2) is 14.8 Å². The zero-order chi connectivity index (χ0) is 25.8. The van der Waals surface area contributed by atoms with Crippen LogP contribution in [0.25, 0.3) is 33.7 Å². The van der Waals surface area contributed by atoms with Gasteiger partial charge < -0.3 is 14.5 Å². The van der Waals surface area contributed by atoms with Crippen LogP contribution in [-0.2, 0) is 9.53 Å². The summed E-state index contributed by atoms with van der Waals surface area (Å²) in [5.74, 6) is 0.327. The van der Waals surface area contributed by atoms with Crippen molar-refractivity contribution < 1.29 is 19.1 Å². The summed E-state index contributed by atoms with van der Waals surface area (Å²) in [6.45, 7) is 1.78. The largest absolute Gasteiger partial charge is 0.497 e. The Morgan fingerprint density at radius 3 is 2.73 bits per heavy atom. The second-order valence-corrected chi connectivity index (χ2v) is 8.98. The number of nitrogens with zero attached hydrogens (tertiary/aromatic N) is 3. The zero-order valence-corrected chi connectivity index (χ0v) is 20.9. The minimum atomic E-state index is -0.972. The fourth-order valence-corrected chi connectivity index (χ4v) is 4.45. The van der Waals surface area contributed by atoms with E-state index in [1.807, 2.05) is 41.8 Å². The highest BCUT2D eigenvalue weighted by molar-refractivity contribution is 7.14. The molecule has 0 aliphatic rings. The summed E-state index contributed by atoms with van der Waals surface area (Å²) in [5.41, 5.74) is 4.12. The number of thiazole rings is 1. The van der Waals surface area contributed by atoms with E-state index in [1.165, 1.54) is 11.3 Å². The first-order valence-corrected chi connectivity index (χ1v) is 12.4. The van der Waals surface area contributed by atoms with Gasteiger partial charge in [-0.05, 0) is 48.9 Å². The second kappa shape index (κ2) is 10.6. The number of esters is 1. The third-order valence-electron chi connectivity index (χ3n) is 5.66. The van der Waals surface area contributed by atoms with Crippen molar-refractivity contribution in [1.29, 1.82) is 0 Å². The second-order valence-electron chi connectivity index (χ2n) is 8.12. The van der Waals surface area contributed by atoms with Crippen molar-refractivity contribution >= 4 is 39.4 Å². The molecular formula is C27H23N5O4S. The number of pyridine rings is 1. The van der Waals surface area contributed by atoms with Crippen molar-refractivity contribution in [1.82, 2.24) is 19.9 Å². The third-order valence-corrected chi connectivity index (χ3v) is 6.42. The Morgan fingerprint density at radius 1 is 1.08 bits per heavy atom. The first kappa shape index (κ1) is 24.1. The van der Waals surface area contributed by atoms with Crippen LogP contribution in [0.15, 0.2) is 72.4 Å². The maximum Gasteiger partial charge on any atom is 0.338 e. The molecule has 0 saturated heterocycles. The van der Waals surface area contributed by atoms with Gasteiger partial charge in [-0.1, -0.05) is 19.1 Å². The van der Waals surface area contributed by atoms with E-state index >= 15 is 0 Å². The van der Waals surface area contributed by atoms with Gasteiger partial charge in [-0.2, -0.15) is 0 Å². The number of carbonyl (C=O) groups is 2. The lowest BCUT2D eigenvalue weighted by molar-refractivity contribution is -0.124. The minimum Gasteiger partial charge on any atom is -0.497 e. The molecule has 1 atom stereocenters. The number of nitrogens with one attached hydrogen (secondary N) is 2. The number of H-pyrrole nitrogens is 1. The topological polar surface area (TPSA) is 119 Å². The van der Waals surface area contributed by atoms with Crippen LogP contribution in [0.3, 0.4) is 0 Å². The number of anilines is 1. The molecule has 0 fully saturated rings. The predicted molar refractivity (Wildman–Crippen MR) is 142 cm³/mol. The highest BCUT2D eigenvalue weighted by Crippen LogP contribution is 2.28. The van der Waals surface area contributed by atoms with Crippen LogP contribution in [0.2, 0.25) is 0 Å². The Balaban J connectivity index is 1.26. The van der Waals surface area contributed by atoms with Gasteiger partial charge >= 0.3 is 5.97 Å². The fraction of sp³-hybridized carbons (Fsp3) is 0.148. The van der Waals surface area contributed by atoms with Crippen LogP contribution in [0.4, 0.5) is 5.13 Å². The summed E-state index contributed by atoms with van der Waals surface area (Å²) in [7, 11) is 1.60. The number of aromatic amines is 1. The summed E-state index contributed by atoms with van der Waals surface area (Å²) in [6.07, 6.45) is 2.73. The molecule has 1 amide bonds. The molecule has 0 radical (unpaired) electrons. The molecule has 2 N–H and O–H groups in total. The molecule has 10 heteroatoms. The summed E-state index contributed by atoms with van der Waals surface area (Å²) in [4.78, 5) is 42.1. The lowest BCUT2D eigenvalue weighted by atomic mass is 10.2. The summed E-state index contributed by atoms with van der Waals surface area (Å²) < 4.78 is 10.8. The normalized spacial score (nSPS) is 11.7. The van der Waals surface area contributed by atoms with Crippen molar-refractivity contribution in [2.24, 2.45) is 0 Å². The van der Waals surface area contributed by atoms with Gasteiger partial charge in [0.25, 0.3) is 5.91 Å². The van der Waals surface area contributed by atoms with E-state index in [1.54, 1.807) is 44.6 Å². The van der Waals surface area contributed by atoms with E-state index in [2.05, 4.69) is 25.3 Å². The number of carbonyl (C=O) groups excluding carboxylic acids is 2. The number of hydrogen-bond donors (Lipinski definition) is 2. The van der Waals surface area contributed by atoms with Gasteiger partial charge in [0.1, 0.15) is 11.6 Å². The maximum atomic E-state index is 12.9. The standard InChI is InChI=1S/C27H23N5O4S/c1-3-23(25(33)32-27-31-22(15-37-27)16-6-4-8-19(12-16)35-2)36-26(34)17-9-10-20-21(13-17)30-24(29-20)18-7-5-11-28-14-18/h4-15,23H,3H2,1-2H3,(H,29,30)(H,31,32,33). The number of aromatic nitrogens is 4. The predicted octanol–water partition coefficient (Wildman–Crippen LogP) is 5.33. The van der Waals surface area contributed by atoms with Crippen molar-refractivity contribution in [3.05, 3.63) is 77.9 Å². The fourth-order valence-electron chi connectivity index (χ4n) is 3.73. The molecule has 5 aromatic rings. The van der Waals surface area contributed by atoms with Gasteiger partial charge in [-0.15, -0.1) is 11.3 Å². The van der Waals surface area contributed by atoms with E-state index < -0.39 is 18.0 Å². The van der Waals surface area contributed by atoms with Crippen LogP contribution in [0.5, 0.6) is 5.75 Å². The SMILES string of the molecule is CCC(OC(=O)c1ccc2nc(-c3cccnc3)[nH]c2c1)C(=O)Nc1nc(-c2cccc(OC)c2)cs1. The monoisotopic (exact) mass is 513 g/mol. The molecule has 0 aliphatic heterocycles.